The van der Waals surface area contributed by atoms with Crippen LogP contribution in [-0.2, 0) is 0 Å². The first-order valence-corrected chi connectivity index (χ1v) is 4.83. The van der Waals surface area contributed by atoms with E-state index in [2.05, 4.69) is 11.9 Å². The van der Waals surface area contributed by atoms with E-state index in [1.54, 1.807) is 6.20 Å². The van der Waals surface area contributed by atoms with Crippen LogP contribution in [0.1, 0.15) is 31.2 Å². The minimum Gasteiger partial charge on any atom is -0.261 e. The first-order valence-electron chi connectivity index (χ1n) is 4.39. The SMILES string of the molecule is CCC(C)C(Cl)c1cncc(F)c1. The summed E-state index contributed by atoms with van der Waals surface area (Å²) in [5.41, 5.74) is 0.760. The average molecular weight is 202 g/mol. The highest BCUT2D eigenvalue weighted by molar-refractivity contribution is 6.20. The molecule has 2 unspecified atom stereocenters. The van der Waals surface area contributed by atoms with E-state index in [9.17, 15) is 4.39 Å². The maximum absolute atomic E-state index is 12.8. The summed E-state index contributed by atoms with van der Waals surface area (Å²) in [6.07, 6.45) is 3.78. The number of alkyl halides is 1. The molecule has 0 aromatic carbocycles. The van der Waals surface area contributed by atoms with Gasteiger partial charge < -0.3 is 0 Å². The van der Waals surface area contributed by atoms with Crippen LogP contribution in [0.2, 0.25) is 0 Å². The van der Waals surface area contributed by atoms with Crippen LogP contribution < -0.4 is 0 Å². The van der Waals surface area contributed by atoms with Crippen LogP contribution in [0, 0.1) is 11.7 Å². The minimum atomic E-state index is -0.327. The predicted molar refractivity (Wildman–Crippen MR) is 52.2 cm³/mol. The topological polar surface area (TPSA) is 12.9 Å². The molecule has 2 atom stereocenters. The van der Waals surface area contributed by atoms with E-state index < -0.39 is 0 Å². The van der Waals surface area contributed by atoms with Gasteiger partial charge in [-0.15, -0.1) is 11.6 Å². The van der Waals surface area contributed by atoms with Crippen LogP contribution in [-0.4, -0.2) is 4.98 Å². The van der Waals surface area contributed by atoms with Crippen LogP contribution >= 0.6 is 11.6 Å². The van der Waals surface area contributed by atoms with E-state index in [1.165, 1.54) is 12.3 Å². The molecule has 0 amide bonds. The molecule has 1 aromatic heterocycles. The van der Waals surface area contributed by atoms with E-state index in [0.717, 1.165) is 12.0 Å². The third-order valence-corrected chi connectivity index (χ3v) is 2.87. The lowest BCUT2D eigenvalue weighted by Crippen LogP contribution is -2.03. The third-order valence-electron chi connectivity index (χ3n) is 2.19. The van der Waals surface area contributed by atoms with Gasteiger partial charge in [0, 0.05) is 6.20 Å². The van der Waals surface area contributed by atoms with Gasteiger partial charge in [-0.25, -0.2) is 4.39 Å². The maximum Gasteiger partial charge on any atom is 0.141 e. The quantitative estimate of drug-likeness (QED) is 0.682. The fourth-order valence-corrected chi connectivity index (χ4v) is 1.41. The van der Waals surface area contributed by atoms with Crippen LogP contribution in [0.4, 0.5) is 4.39 Å². The van der Waals surface area contributed by atoms with Gasteiger partial charge in [0.1, 0.15) is 5.82 Å². The highest BCUT2D eigenvalue weighted by atomic mass is 35.5. The molecule has 3 heteroatoms. The van der Waals surface area contributed by atoms with Gasteiger partial charge in [-0.1, -0.05) is 20.3 Å². The zero-order valence-corrected chi connectivity index (χ0v) is 8.55. The van der Waals surface area contributed by atoms with E-state index in [0.29, 0.717) is 5.92 Å². The van der Waals surface area contributed by atoms with E-state index in [1.807, 2.05) is 6.92 Å². The molecular weight excluding hydrogens is 189 g/mol. The summed E-state index contributed by atoms with van der Waals surface area (Å²) in [6, 6.07) is 1.44. The second kappa shape index (κ2) is 4.56. The smallest absolute Gasteiger partial charge is 0.141 e. The number of pyridine rings is 1. The van der Waals surface area contributed by atoms with Crippen molar-refractivity contribution in [3.63, 3.8) is 0 Å². The molecule has 72 valence electrons. The van der Waals surface area contributed by atoms with Gasteiger partial charge in [-0.05, 0) is 17.5 Å². The van der Waals surface area contributed by atoms with E-state index >= 15 is 0 Å². The number of rotatable bonds is 3. The van der Waals surface area contributed by atoms with Gasteiger partial charge in [-0.3, -0.25) is 4.98 Å². The Balaban J connectivity index is 2.82. The van der Waals surface area contributed by atoms with Crippen molar-refractivity contribution in [3.05, 3.63) is 29.8 Å². The summed E-state index contributed by atoms with van der Waals surface area (Å²) < 4.78 is 12.8. The zero-order chi connectivity index (χ0) is 9.84. The summed E-state index contributed by atoms with van der Waals surface area (Å²) in [7, 11) is 0. The minimum absolute atomic E-state index is 0.145. The lowest BCUT2D eigenvalue weighted by atomic mass is 9.99. The Morgan fingerprint density at radius 1 is 1.54 bits per heavy atom. The molecule has 13 heavy (non-hydrogen) atoms. The van der Waals surface area contributed by atoms with Crippen LogP contribution in [0.3, 0.4) is 0 Å². The Morgan fingerprint density at radius 3 is 2.77 bits per heavy atom. The number of aromatic nitrogens is 1. The van der Waals surface area contributed by atoms with Gasteiger partial charge in [0.2, 0.25) is 0 Å². The maximum atomic E-state index is 12.8. The molecule has 0 fully saturated rings. The molecular formula is C10H13ClFN. The van der Waals surface area contributed by atoms with Gasteiger partial charge in [-0.2, -0.15) is 0 Å². The van der Waals surface area contributed by atoms with Gasteiger partial charge in [0.25, 0.3) is 0 Å². The number of hydrogen-bond donors (Lipinski definition) is 0. The predicted octanol–water partition coefficient (Wildman–Crippen LogP) is 3.55. The summed E-state index contributed by atoms with van der Waals surface area (Å²) in [6.45, 7) is 4.11. The Labute approximate surface area is 82.9 Å². The number of nitrogens with zero attached hydrogens (tertiary/aromatic N) is 1. The largest absolute Gasteiger partial charge is 0.261 e. The molecule has 0 radical (unpaired) electrons. The highest BCUT2D eigenvalue weighted by Crippen LogP contribution is 2.30. The molecule has 0 aliphatic carbocycles. The Bertz CT molecular complexity index is 277. The van der Waals surface area contributed by atoms with Crippen molar-refractivity contribution >= 4 is 11.6 Å². The van der Waals surface area contributed by atoms with Crippen LogP contribution in [0.25, 0.3) is 0 Å². The Hall–Kier alpha value is -0.630. The van der Waals surface area contributed by atoms with Crippen molar-refractivity contribution in [2.24, 2.45) is 5.92 Å². The van der Waals surface area contributed by atoms with Crippen molar-refractivity contribution in [3.8, 4) is 0 Å². The Morgan fingerprint density at radius 2 is 2.23 bits per heavy atom. The molecule has 0 spiro atoms. The molecule has 0 aliphatic heterocycles. The highest BCUT2D eigenvalue weighted by Gasteiger charge is 2.15. The average Bonchev–Trinajstić information content (AvgIpc) is 2.15. The van der Waals surface area contributed by atoms with Crippen molar-refractivity contribution in [1.29, 1.82) is 0 Å². The Kier molecular flexibility index (Phi) is 3.67. The van der Waals surface area contributed by atoms with E-state index in [-0.39, 0.29) is 11.2 Å². The second-order valence-electron chi connectivity index (χ2n) is 3.22. The van der Waals surface area contributed by atoms with Crippen molar-refractivity contribution in [1.82, 2.24) is 4.98 Å². The molecule has 1 rings (SSSR count). The van der Waals surface area contributed by atoms with Crippen LogP contribution in [0.15, 0.2) is 18.5 Å². The molecule has 0 saturated heterocycles. The van der Waals surface area contributed by atoms with Gasteiger partial charge in [0.05, 0.1) is 11.6 Å². The lowest BCUT2D eigenvalue weighted by molar-refractivity contribution is 0.536. The summed E-state index contributed by atoms with van der Waals surface area (Å²) in [4.78, 5) is 3.76. The number of hydrogen-bond acceptors (Lipinski definition) is 1. The molecule has 0 saturated carbocycles. The third kappa shape index (κ3) is 2.66. The molecule has 0 bridgehead atoms. The van der Waals surface area contributed by atoms with Gasteiger partial charge in [0.15, 0.2) is 0 Å². The monoisotopic (exact) mass is 201 g/mol. The fourth-order valence-electron chi connectivity index (χ4n) is 1.11. The standard InChI is InChI=1S/C10H13ClFN/c1-3-7(2)10(11)8-4-9(12)6-13-5-8/h4-7,10H,3H2,1-2H3. The van der Waals surface area contributed by atoms with E-state index in [4.69, 9.17) is 11.6 Å². The molecule has 1 heterocycles. The molecule has 0 N–H and O–H groups in total. The zero-order valence-electron chi connectivity index (χ0n) is 7.80. The van der Waals surface area contributed by atoms with Crippen molar-refractivity contribution in [2.45, 2.75) is 25.6 Å². The lowest BCUT2D eigenvalue weighted by Gasteiger charge is -2.15. The molecule has 1 nitrogen and oxygen atoms in total. The fraction of sp³-hybridized carbons (Fsp3) is 0.500. The summed E-state index contributed by atoms with van der Waals surface area (Å²) in [5.74, 6) is 0.0109. The molecule has 1 aromatic rings. The second-order valence-corrected chi connectivity index (χ2v) is 3.69. The normalized spacial score (nSPS) is 15.4. The van der Waals surface area contributed by atoms with Crippen molar-refractivity contribution < 1.29 is 4.39 Å². The van der Waals surface area contributed by atoms with Crippen LogP contribution in [0.5, 0.6) is 0 Å². The van der Waals surface area contributed by atoms with Gasteiger partial charge >= 0.3 is 0 Å². The molecule has 0 aliphatic rings. The summed E-state index contributed by atoms with van der Waals surface area (Å²) >= 11 is 6.12. The first-order chi connectivity index (χ1) is 6.15. The van der Waals surface area contributed by atoms with Crippen molar-refractivity contribution in [2.75, 3.05) is 0 Å². The summed E-state index contributed by atoms with van der Waals surface area (Å²) in [5, 5.41) is -0.145. The first kappa shape index (κ1) is 10.5. The number of halogens is 2.